The summed E-state index contributed by atoms with van der Waals surface area (Å²) in [5.74, 6) is 0.0958. The first-order valence-corrected chi connectivity index (χ1v) is 11.5. The standard InChI is InChI=1S/C24H28ClF3N4O2/c1-14(2)12-30-22(33)17-4-5-20(15(3)10-17)31-23(34)16-6-8-32(9-7-16)21-19(25)11-18(13-29-21)24(26,27)28/h4-5,10-11,13-14,16H,6-9,12H2,1-3H3,(H,30,33)(H,31,34). The molecule has 0 atom stereocenters. The van der Waals surface area contributed by atoms with Crippen LogP contribution in [-0.4, -0.2) is 36.4 Å². The van der Waals surface area contributed by atoms with Gasteiger partial charge in [0.15, 0.2) is 0 Å². The molecule has 0 unspecified atom stereocenters. The summed E-state index contributed by atoms with van der Waals surface area (Å²) in [4.78, 5) is 30.8. The van der Waals surface area contributed by atoms with Crippen molar-refractivity contribution in [1.82, 2.24) is 10.3 Å². The number of piperidine rings is 1. The van der Waals surface area contributed by atoms with Crippen molar-refractivity contribution in [3.05, 3.63) is 52.2 Å². The van der Waals surface area contributed by atoms with Crippen molar-refractivity contribution in [3.63, 3.8) is 0 Å². The highest BCUT2D eigenvalue weighted by Crippen LogP contribution is 2.34. The maximum absolute atomic E-state index is 12.8. The van der Waals surface area contributed by atoms with Crippen LogP contribution in [0.5, 0.6) is 0 Å². The minimum Gasteiger partial charge on any atom is -0.355 e. The van der Waals surface area contributed by atoms with Gasteiger partial charge in [0.25, 0.3) is 5.91 Å². The maximum atomic E-state index is 12.8. The highest BCUT2D eigenvalue weighted by atomic mass is 35.5. The molecule has 0 radical (unpaired) electrons. The summed E-state index contributed by atoms with van der Waals surface area (Å²) in [6.45, 7) is 7.35. The molecule has 10 heteroatoms. The largest absolute Gasteiger partial charge is 0.417 e. The molecule has 0 aliphatic carbocycles. The average Bonchev–Trinajstić information content (AvgIpc) is 2.78. The van der Waals surface area contributed by atoms with E-state index in [2.05, 4.69) is 15.6 Å². The Morgan fingerprint density at radius 3 is 2.44 bits per heavy atom. The molecule has 1 aliphatic heterocycles. The number of halogens is 4. The van der Waals surface area contributed by atoms with E-state index < -0.39 is 11.7 Å². The van der Waals surface area contributed by atoms with Crippen molar-refractivity contribution in [2.24, 2.45) is 11.8 Å². The molecule has 184 valence electrons. The molecule has 2 amide bonds. The summed E-state index contributed by atoms with van der Waals surface area (Å²) in [5.41, 5.74) is 1.06. The molecule has 2 N–H and O–H groups in total. The zero-order chi connectivity index (χ0) is 25.0. The fraction of sp³-hybridized carbons (Fsp3) is 0.458. The van der Waals surface area contributed by atoms with Crippen molar-refractivity contribution >= 4 is 34.9 Å². The molecule has 1 saturated heterocycles. The highest BCUT2D eigenvalue weighted by molar-refractivity contribution is 6.33. The van der Waals surface area contributed by atoms with Crippen LogP contribution in [0.1, 0.15) is 48.2 Å². The van der Waals surface area contributed by atoms with E-state index in [9.17, 15) is 22.8 Å². The van der Waals surface area contributed by atoms with E-state index in [1.54, 1.807) is 23.1 Å². The minimum absolute atomic E-state index is 0.0640. The van der Waals surface area contributed by atoms with Crippen LogP contribution in [-0.2, 0) is 11.0 Å². The summed E-state index contributed by atoms with van der Waals surface area (Å²) >= 11 is 6.05. The number of nitrogens with zero attached hydrogens (tertiary/aromatic N) is 2. The molecule has 6 nitrogen and oxygen atoms in total. The SMILES string of the molecule is Cc1cc(C(=O)NCC(C)C)ccc1NC(=O)C1CCN(c2ncc(C(F)(F)F)cc2Cl)CC1. The van der Waals surface area contributed by atoms with Crippen molar-refractivity contribution in [3.8, 4) is 0 Å². The predicted octanol–water partition coefficient (Wildman–Crippen LogP) is 5.30. The van der Waals surface area contributed by atoms with E-state index >= 15 is 0 Å². The number of anilines is 2. The number of aromatic nitrogens is 1. The third-order valence-corrected chi connectivity index (χ3v) is 6.01. The van der Waals surface area contributed by atoms with Gasteiger partial charge in [-0.2, -0.15) is 13.2 Å². The van der Waals surface area contributed by atoms with Crippen LogP contribution >= 0.6 is 11.6 Å². The topological polar surface area (TPSA) is 74.3 Å². The second kappa shape index (κ2) is 10.6. The number of hydrogen-bond acceptors (Lipinski definition) is 4. The Hall–Kier alpha value is -2.81. The maximum Gasteiger partial charge on any atom is 0.417 e. The van der Waals surface area contributed by atoms with Gasteiger partial charge in [0.1, 0.15) is 5.82 Å². The van der Waals surface area contributed by atoms with Crippen LogP contribution in [0.25, 0.3) is 0 Å². The van der Waals surface area contributed by atoms with E-state index in [0.29, 0.717) is 49.6 Å². The van der Waals surface area contributed by atoms with Gasteiger partial charge in [-0.1, -0.05) is 25.4 Å². The fourth-order valence-electron chi connectivity index (χ4n) is 3.75. The molecule has 34 heavy (non-hydrogen) atoms. The molecule has 3 rings (SSSR count). The first-order valence-electron chi connectivity index (χ1n) is 11.1. The molecule has 0 bridgehead atoms. The second-order valence-electron chi connectivity index (χ2n) is 8.91. The smallest absolute Gasteiger partial charge is 0.355 e. The molecule has 2 aromatic rings. The van der Waals surface area contributed by atoms with E-state index in [0.717, 1.165) is 17.8 Å². The van der Waals surface area contributed by atoms with Gasteiger partial charge in [-0.15, -0.1) is 0 Å². The summed E-state index contributed by atoms with van der Waals surface area (Å²) in [7, 11) is 0. The Labute approximate surface area is 201 Å². The summed E-state index contributed by atoms with van der Waals surface area (Å²) in [5, 5.41) is 5.73. The number of benzene rings is 1. The van der Waals surface area contributed by atoms with Gasteiger partial charge in [-0.25, -0.2) is 4.98 Å². The Balaban J connectivity index is 1.57. The molecule has 2 heterocycles. The zero-order valence-corrected chi connectivity index (χ0v) is 20.1. The van der Waals surface area contributed by atoms with Crippen molar-refractivity contribution in [2.75, 3.05) is 29.9 Å². The Kier molecular flexibility index (Phi) is 8.07. The lowest BCUT2D eigenvalue weighted by molar-refractivity contribution is -0.137. The summed E-state index contributed by atoms with van der Waals surface area (Å²) in [6.07, 6.45) is -2.71. The van der Waals surface area contributed by atoms with Crippen LogP contribution in [0.15, 0.2) is 30.5 Å². The number of amides is 2. The van der Waals surface area contributed by atoms with Crippen LogP contribution < -0.4 is 15.5 Å². The lowest BCUT2D eigenvalue weighted by atomic mass is 9.95. The Morgan fingerprint density at radius 1 is 1.21 bits per heavy atom. The van der Waals surface area contributed by atoms with Gasteiger partial charge < -0.3 is 15.5 Å². The third-order valence-electron chi connectivity index (χ3n) is 5.73. The lowest BCUT2D eigenvalue weighted by Crippen LogP contribution is -2.38. The number of hydrogen-bond donors (Lipinski definition) is 2. The van der Waals surface area contributed by atoms with Gasteiger partial charge in [0, 0.05) is 43.0 Å². The molecular formula is C24H28ClF3N4O2. The zero-order valence-electron chi connectivity index (χ0n) is 19.3. The Morgan fingerprint density at radius 2 is 1.88 bits per heavy atom. The molecule has 1 fully saturated rings. The summed E-state index contributed by atoms with van der Waals surface area (Å²) in [6, 6.07) is 6.02. The van der Waals surface area contributed by atoms with Gasteiger partial charge in [0.2, 0.25) is 5.91 Å². The quantitative estimate of drug-likeness (QED) is 0.569. The molecule has 1 aromatic heterocycles. The van der Waals surface area contributed by atoms with Crippen LogP contribution in [0.2, 0.25) is 5.02 Å². The number of alkyl halides is 3. The number of carbonyl (C=O) groups is 2. The average molecular weight is 497 g/mol. The number of nitrogens with one attached hydrogen (secondary N) is 2. The highest BCUT2D eigenvalue weighted by Gasteiger charge is 2.33. The monoisotopic (exact) mass is 496 g/mol. The van der Waals surface area contributed by atoms with Crippen LogP contribution in [0.4, 0.5) is 24.7 Å². The van der Waals surface area contributed by atoms with Gasteiger partial charge in [-0.3, -0.25) is 9.59 Å². The van der Waals surface area contributed by atoms with Crippen molar-refractivity contribution in [1.29, 1.82) is 0 Å². The predicted molar refractivity (Wildman–Crippen MR) is 126 cm³/mol. The number of aryl methyl sites for hydroxylation is 1. The molecule has 0 saturated carbocycles. The van der Waals surface area contributed by atoms with Crippen molar-refractivity contribution < 1.29 is 22.8 Å². The van der Waals surface area contributed by atoms with E-state index in [-0.39, 0.29) is 28.6 Å². The van der Waals surface area contributed by atoms with Gasteiger partial charge >= 0.3 is 6.18 Å². The summed E-state index contributed by atoms with van der Waals surface area (Å²) < 4.78 is 38.5. The number of carbonyl (C=O) groups excluding carboxylic acids is 2. The molecule has 1 aliphatic rings. The molecule has 1 aromatic carbocycles. The fourth-order valence-corrected chi connectivity index (χ4v) is 4.04. The normalized spacial score (nSPS) is 14.9. The first-order chi connectivity index (χ1) is 16.0. The van der Waals surface area contributed by atoms with Crippen LogP contribution in [0, 0.1) is 18.8 Å². The number of rotatable bonds is 6. The van der Waals surface area contributed by atoms with Gasteiger partial charge in [-0.05, 0) is 55.5 Å². The van der Waals surface area contributed by atoms with E-state index in [1.807, 2.05) is 20.8 Å². The second-order valence-corrected chi connectivity index (χ2v) is 9.32. The first kappa shape index (κ1) is 25.8. The molecular weight excluding hydrogens is 469 g/mol. The van der Waals surface area contributed by atoms with Gasteiger partial charge in [0.05, 0.1) is 10.6 Å². The number of pyridine rings is 1. The van der Waals surface area contributed by atoms with Crippen molar-refractivity contribution in [2.45, 2.75) is 39.8 Å². The third kappa shape index (κ3) is 6.40. The minimum atomic E-state index is -4.51. The van der Waals surface area contributed by atoms with E-state index in [1.165, 1.54) is 0 Å². The van der Waals surface area contributed by atoms with E-state index in [4.69, 9.17) is 11.6 Å². The lowest BCUT2D eigenvalue weighted by Gasteiger charge is -2.32. The van der Waals surface area contributed by atoms with Crippen LogP contribution in [0.3, 0.4) is 0 Å². The Bertz CT molecular complexity index is 1050. The molecule has 0 spiro atoms.